The number of rotatable bonds is 5. The van der Waals surface area contributed by atoms with Crippen molar-refractivity contribution in [3.8, 4) is 22.3 Å². The minimum absolute atomic E-state index is 1.14. The first kappa shape index (κ1) is 28.3. The van der Waals surface area contributed by atoms with Crippen LogP contribution in [0, 0.1) is 0 Å². The normalized spacial score (nSPS) is 11.7. The van der Waals surface area contributed by atoms with Gasteiger partial charge in [0.1, 0.15) is 0 Å². The first-order valence-electron chi connectivity index (χ1n) is 16.6. The first-order valence-corrected chi connectivity index (χ1v) is 18.2. The van der Waals surface area contributed by atoms with Gasteiger partial charge < -0.3 is 4.90 Å². The smallest absolute Gasteiger partial charge is 0.0640 e. The molecular formula is C46H29NS2. The molecule has 0 aliphatic heterocycles. The van der Waals surface area contributed by atoms with Gasteiger partial charge in [-0.3, -0.25) is 0 Å². The van der Waals surface area contributed by atoms with E-state index in [0.29, 0.717) is 0 Å². The molecule has 10 aromatic rings. The molecule has 0 radical (unpaired) electrons. The van der Waals surface area contributed by atoms with Gasteiger partial charge in [-0.15, -0.1) is 22.7 Å². The first-order chi connectivity index (χ1) is 24.3. The summed E-state index contributed by atoms with van der Waals surface area (Å²) in [5, 5.41) is 7.75. The molecule has 0 atom stereocenters. The van der Waals surface area contributed by atoms with Crippen molar-refractivity contribution in [2.24, 2.45) is 0 Å². The molecule has 2 heterocycles. The predicted molar refractivity (Wildman–Crippen MR) is 215 cm³/mol. The molecule has 230 valence electrons. The second-order valence-corrected chi connectivity index (χ2v) is 14.6. The standard InChI is InChI=1S/C46H29NS2/c1-2-12-30(13-3-1)34-18-8-14-32-15-9-19-35(44(32)34)31-26-28-33(29-27-31)47(40-22-10-20-38-36-16-4-6-24-42(36)48-45(38)40)41-23-11-21-39-37-17-5-7-25-43(37)49-46(39)41/h1-29H. The summed E-state index contributed by atoms with van der Waals surface area (Å²) in [6.07, 6.45) is 0. The highest BCUT2D eigenvalue weighted by molar-refractivity contribution is 7.27. The van der Waals surface area contributed by atoms with Crippen LogP contribution in [0.2, 0.25) is 0 Å². The van der Waals surface area contributed by atoms with Crippen molar-refractivity contribution < 1.29 is 0 Å². The number of thiophene rings is 2. The minimum Gasteiger partial charge on any atom is -0.308 e. The summed E-state index contributed by atoms with van der Waals surface area (Å²) >= 11 is 3.76. The lowest BCUT2D eigenvalue weighted by atomic mass is 9.91. The van der Waals surface area contributed by atoms with Gasteiger partial charge in [0.2, 0.25) is 0 Å². The Morgan fingerprint density at radius 2 is 0.816 bits per heavy atom. The molecular weight excluding hydrogens is 631 g/mol. The number of hydrogen-bond acceptors (Lipinski definition) is 3. The fourth-order valence-corrected chi connectivity index (χ4v) is 9.87. The predicted octanol–water partition coefficient (Wildman–Crippen LogP) is 14.4. The van der Waals surface area contributed by atoms with Crippen LogP contribution >= 0.6 is 22.7 Å². The van der Waals surface area contributed by atoms with E-state index in [2.05, 4.69) is 181 Å². The van der Waals surface area contributed by atoms with Crippen LogP contribution in [0.5, 0.6) is 0 Å². The average molecular weight is 660 g/mol. The summed E-state index contributed by atoms with van der Waals surface area (Å²) in [4.78, 5) is 2.48. The Balaban J connectivity index is 1.19. The van der Waals surface area contributed by atoms with E-state index in [1.54, 1.807) is 0 Å². The molecule has 49 heavy (non-hydrogen) atoms. The molecule has 0 spiro atoms. The van der Waals surface area contributed by atoms with Crippen molar-refractivity contribution in [1.29, 1.82) is 0 Å². The van der Waals surface area contributed by atoms with Crippen LogP contribution in [0.1, 0.15) is 0 Å². The Kier molecular flexibility index (Phi) is 6.61. The second kappa shape index (κ2) is 11.5. The molecule has 2 aromatic heterocycles. The molecule has 0 unspecified atom stereocenters. The van der Waals surface area contributed by atoms with Crippen LogP contribution in [-0.4, -0.2) is 0 Å². The lowest BCUT2D eigenvalue weighted by molar-refractivity contribution is 1.32. The summed E-state index contributed by atoms with van der Waals surface area (Å²) < 4.78 is 5.22. The third kappa shape index (κ3) is 4.58. The molecule has 3 heteroatoms. The number of benzene rings is 8. The third-order valence-corrected chi connectivity index (χ3v) is 12.1. The summed E-state index contributed by atoms with van der Waals surface area (Å²) in [7, 11) is 0. The average Bonchev–Trinajstić information content (AvgIpc) is 3.75. The molecule has 0 amide bonds. The molecule has 0 saturated carbocycles. The zero-order chi connectivity index (χ0) is 32.3. The van der Waals surface area contributed by atoms with Crippen LogP contribution in [0.25, 0.3) is 73.4 Å². The molecule has 0 aliphatic carbocycles. The van der Waals surface area contributed by atoms with Gasteiger partial charge in [0.25, 0.3) is 0 Å². The van der Waals surface area contributed by atoms with Crippen molar-refractivity contribution in [3.63, 3.8) is 0 Å². The summed E-state index contributed by atoms with van der Waals surface area (Å²) in [6, 6.07) is 64.3. The van der Waals surface area contributed by atoms with E-state index in [4.69, 9.17) is 0 Å². The lowest BCUT2D eigenvalue weighted by Gasteiger charge is -2.27. The maximum absolute atomic E-state index is 2.48. The molecule has 1 nitrogen and oxygen atoms in total. The Morgan fingerprint density at radius 3 is 1.39 bits per heavy atom. The highest BCUT2D eigenvalue weighted by Gasteiger charge is 2.21. The van der Waals surface area contributed by atoms with Gasteiger partial charge in [-0.25, -0.2) is 0 Å². The summed E-state index contributed by atoms with van der Waals surface area (Å²) in [6.45, 7) is 0. The maximum Gasteiger partial charge on any atom is 0.0640 e. The monoisotopic (exact) mass is 659 g/mol. The molecule has 0 fully saturated rings. The van der Waals surface area contributed by atoms with E-state index in [0.717, 1.165) is 5.69 Å². The largest absolute Gasteiger partial charge is 0.308 e. The highest BCUT2D eigenvalue weighted by Crippen LogP contribution is 2.49. The van der Waals surface area contributed by atoms with Gasteiger partial charge in [-0.2, -0.15) is 0 Å². The van der Waals surface area contributed by atoms with Crippen molar-refractivity contribution in [3.05, 3.63) is 176 Å². The van der Waals surface area contributed by atoms with E-state index >= 15 is 0 Å². The molecule has 0 N–H and O–H groups in total. The lowest BCUT2D eigenvalue weighted by Crippen LogP contribution is -2.10. The molecule has 8 aromatic carbocycles. The Morgan fingerprint density at radius 1 is 0.347 bits per heavy atom. The van der Waals surface area contributed by atoms with Gasteiger partial charge >= 0.3 is 0 Å². The van der Waals surface area contributed by atoms with Gasteiger partial charge in [-0.1, -0.05) is 140 Å². The highest BCUT2D eigenvalue weighted by atomic mass is 32.1. The van der Waals surface area contributed by atoms with E-state index in [1.165, 1.54) is 84.7 Å². The van der Waals surface area contributed by atoms with Crippen LogP contribution in [0.4, 0.5) is 17.1 Å². The minimum atomic E-state index is 1.14. The topological polar surface area (TPSA) is 3.24 Å². The molecule has 0 saturated heterocycles. The third-order valence-electron chi connectivity index (χ3n) is 9.67. The quantitative estimate of drug-likeness (QED) is 0.178. The van der Waals surface area contributed by atoms with Crippen LogP contribution in [-0.2, 0) is 0 Å². The number of hydrogen-bond donors (Lipinski definition) is 0. The maximum atomic E-state index is 2.48. The van der Waals surface area contributed by atoms with Crippen molar-refractivity contribution in [2.45, 2.75) is 0 Å². The van der Waals surface area contributed by atoms with Crippen LogP contribution in [0.3, 0.4) is 0 Å². The van der Waals surface area contributed by atoms with Gasteiger partial charge in [0, 0.05) is 36.6 Å². The zero-order valence-corrected chi connectivity index (χ0v) is 28.1. The fourth-order valence-electron chi connectivity index (χ4n) is 7.45. The Labute approximate surface area is 292 Å². The Hall–Kier alpha value is -5.74. The van der Waals surface area contributed by atoms with Crippen LogP contribution < -0.4 is 4.90 Å². The fraction of sp³-hybridized carbons (Fsp3) is 0. The molecule has 0 aliphatic rings. The van der Waals surface area contributed by atoms with Gasteiger partial charge in [-0.05, 0) is 69.4 Å². The van der Waals surface area contributed by atoms with Gasteiger partial charge in [0.15, 0.2) is 0 Å². The zero-order valence-electron chi connectivity index (χ0n) is 26.5. The summed E-state index contributed by atoms with van der Waals surface area (Å²) in [5.41, 5.74) is 8.48. The van der Waals surface area contributed by atoms with Gasteiger partial charge in [0.05, 0.1) is 20.8 Å². The van der Waals surface area contributed by atoms with E-state index < -0.39 is 0 Å². The Bertz CT molecular complexity index is 2710. The SMILES string of the molecule is c1ccc(-c2cccc3cccc(-c4ccc(N(c5cccc6c5sc5ccccc56)c5cccc6c5sc5ccccc56)cc4)c23)cc1. The number of nitrogens with zero attached hydrogens (tertiary/aromatic N) is 1. The van der Waals surface area contributed by atoms with E-state index in [9.17, 15) is 0 Å². The molecule has 10 rings (SSSR count). The number of anilines is 3. The summed E-state index contributed by atoms with van der Waals surface area (Å²) in [5.74, 6) is 0. The number of fused-ring (bicyclic) bond motifs is 7. The van der Waals surface area contributed by atoms with Crippen LogP contribution in [0.15, 0.2) is 176 Å². The van der Waals surface area contributed by atoms with Crippen molar-refractivity contribution in [1.82, 2.24) is 0 Å². The van der Waals surface area contributed by atoms with E-state index in [-0.39, 0.29) is 0 Å². The van der Waals surface area contributed by atoms with Crippen molar-refractivity contribution in [2.75, 3.05) is 4.90 Å². The molecule has 0 bridgehead atoms. The van der Waals surface area contributed by atoms with Crippen molar-refractivity contribution >= 4 is 90.9 Å². The second-order valence-electron chi connectivity index (χ2n) is 12.5. The van der Waals surface area contributed by atoms with E-state index in [1.807, 2.05) is 22.7 Å².